The molecule has 8 nitrogen and oxygen atoms in total. The lowest BCUT2D eigenvalue weighted by atomic mass is 9.98. The van der Waals surface area contributed by atoms with Crippen molar-refractivity contribution < 1.29 is 28.6 Å². The van der Waals surface area contributed by atoms with E-state index in [0.717, 1.165) is 11.1 Å². The van der Waals surface area contributed by atoms with Crippen molar-refractivity contribution in [3.05, 3.63) is 82.4 Å². The van der Waals surface area contributed by atoms with Crippen LogP contribution in [0.25, 0.3) is 0 Å². The molecule has 1 aliphatic heterocycles. The summed E-state index contributed by atoms with van der Waals surface area (Å²) in [6, 6.07) is 15.3. The number of hydrogen-bond donors (Lipinski definition) is 0. The van der Waals surface area contributed by atoms with Crippen molar-refractivity contribution in [2.24, 2.45) is 0 Å². The largest absolute Gasteiger partial charge is 0.497 e. The Bertz CT molecular complexity index is 1400. The molecular weight excluding hydrogens is 496 g/mol. The van der Waals surface area contributed by atoms with Crippen LogP contribution < -0.4 is 19.3 Å². The summed E-state index contributed by atoms with van der Waals surface area (Å²) in [6.45, 7) is 8.31. The lowest BCUT2D eigenvalue weighted by Crippen LogP contribution is -2.53. The molecule has 4 rings (SSSR count). The predicted octanol–water partition coefficient (Wildman–Crippen LogP) is 5.95. The maximum atomic E-state index is 13.8. The van der Waals surface area contributed by atoms with E-state index in [1.165, 1.54) is 14.2 Å². The Morgan fingerprint density at radius 3 is 2.08 bits per heavy atom. The SMILES string of the molecule is CCOC(=O)N1c2cc(C)c(C)cc2N(C(=O)c2ccc(C(=O)c3cc(OC)ccc3OC)cc2)CC1CC. The van der Waals surface area contributed by atoms with Gasteiger partial charge < -0.3 is 19.1 Å². The Morgan fingerprint density at radius 1 is 0.846 bits per heavy atom. The van der Waals surface area contributed by atoms with Gasteiger partial charge in [-0.15, -0.1) is 0 Å². The van der Waals surface area contributed by atoms with E-state index >= 15 is 0 Å². The number of ketones is 1. The van der Waals surface area contributed by atoms with Gasteiger partial charge in [0, 0.05) is 17.7 Å². The summed E-state index contributed by atoms with van der Waals surface area (Å²) in [6.07, 6.45) is 0.224. The number of carbonyl (C=O) groups is 3. The van der Waals surface area contributed by atoms with Crippen molar-refractivity contribution >= 4 is 29.2 Å². The van der Waals surface area contributed by atoms with E-state index in [1.54, 1.807) is 59.2 Å². The number of methoxy groups -OCH3 is 2. The van der Waals surface area contributed by atoms with Gasteiger partial charge in [-0.25, -0.2) is 4.79 Å². The van der Waals surface area contributed by atoms with E-state index in [2.05, 4.69) is 0 Å². The lowest BCUT2D eigenvalue weighted by Gasteiger charge is -2.42. The molecule has 0 saturated carbocycles. The number of nitrogens with zero attached hydrogens (tertiary/aromatic N) is 2. The second-order valence-electron chi connectivity index (χ2n) is 9.44. The van der Waals surface area contributed by atoms with Crippen LogP contribution >= 0.6 is 0 Å². The van der Waals surface area contributed by atoms with Crippen LogP contribution in [-0.4, -0.2) is 51.2 Å². The zero-order valence-electron chi connectivity index (χ0n) is 23.2. The van der Waals surface area contributed by atoms with Gasteiger partial charge in [0.05, 0.1) is 43.8 Å². The first-order chi connectivity index (χ1) is 18.7. The van der Waals surface area contributed by atoms with Gasteiger partial charge in [-0.3, -0.25) is 14.5 Å². The molecule has 0 fully saturated rings. The first kappa shape index (κ1) is 27.7. The average molecular weight is 531 g/mol. The van der Waals surface area contributed by atoms with Crippen LogP contribution in [0.4, 0.5) is 16.2 Å². The maximum absolute atomic E-state index is 13.8. The molecule has 204 valence electrons. The number of fused-ring (bicyclic) bond motifs is 1. The summed E-state index contributed by atoms with van der Waals surface area (Å²) in [5.74, 6) is 0.533. The Kier molecular flexibility index (Phi) is 8.24. The van der Waals surface area contributed by atoms with Crippen molar-refractivity contribution in [3.63, 3.8) is 0 Å². The van der Waals surface area contributed by atoms with Crippen molar-refractivity contribution in [1.82, 2.24) is 0 Å². The number of carbonyl (C=O) groups excluding carboxylic acids is 3. The third kappa shape index (κ3) is 5.32. The maximum Gasteiger partial charge on any atom is 0.414 e. The molecule has 39 heavy (non-hydrogen) atoms. The van der Waals surface area contributed by atoms with Gasteiger partial charge in [-0.1, -0.05) is 19.1 Å². The summed E-state index contributed by atoms with van der Waals surface area (Å²) >= 11 is 0. The van der Waals surface area contributed by atoms with Crippen molar-refractivity contribution in [2.45, 2.75) is 40.2 Å². The van der Waals surface area contributed by atoms with E-state index in [9.17, 15) is 14.4 Å². The van der Waals surface area contributed by atoms with Gasteiger partial charge in [-0.05, 0) is 80.8 Å². The molecule has 1 aliphatic rings. The van der Waals surface area contributed by atoms with E-state index < -0.39 is 6.09 Å². The highest BCUT2D eigenvalue weighted by Crippen LogP contribution is 2.39. The molecule has 0 saturated heterocycles. The van der Waals surface area contributed by atoms with Crippen LogP contribution in [0.15, 0.2) is 54.6 Å². The molecular formula is C31H34N2O6. The lowest BCUT2D eigenvalue weighted by molar-refractivity contribution is 0.0979. The topological polar surface area (TPSA) is 85.4 Å². The number of hydrogen-bond acceptors (Lipinski definition) is 6. The summed E-state index contributed by atoms with van der Waals surface area (Å²) in [5.41, 5.74) is 4.57. The predicted molar refractivity (Wildman–Crippen MR) is 151 cm³/mol. The third-order valence-electron chi connectivity index (χ3n) is 7.13. The summed E-state index contributed by atoms with van der Waals surface area (Å²) in [7, 11) is 3.04. The first-order valence-corrected chi connectivity index (χ1v) is 13.0. The van der Waals surface area contributed by atoms with Crippen molar-refractivity contribution in [1.29, 1.82) is 0 Å². The Morgan fingerprint density at radius 2 is 1.49 bits per heavy atom. The summed E-state index contributed by atoms with van der Waals surface area (Å²) < 4.78 is 16.0. The second kappa shape index (κ2) is 11.6. The number of ether oxygens (including phenoxy) is 3. The molecule has 3 aromatic rings. The monoisotopic (exact) mass is 530 g/mol. The van der Waals surface area contributed by atoms with E-state index in [1.807, 2.05) is 32.9 Å². The van der Waals surface area contributed by atoms with Gasteiger partial charge >= 0.3 is 6.09 Å². The minimum atomic E-state index is -0.420. The standard InChI is InChI=1S/C31H34N2O6/c1-7-23-18-32(26-15-19(3)20(4)16-27(26)33(23)31(36)39-8-2)30(35)22-11-9-21(10-12-22)29(34)25-17-24(37-5)13-14-28(25)38-6/h9-17,23H,7-8,18H2,1-6H3. The highest BCUT2D eigenvalue weighted by Gasteiger charge is 2.37. The van der Waals surface area contributed by atoms with Gasteiger partial charge in [0.1, 0.15) is 11.5 Å². The van der Waals surface area contributed by atoms with Crippen LogP contribution in [0.3, 0.4) is 0 Å². The second-order valence-corrected chi connectivity index (χ2v) is 9.44. The Balaban J connectivity index is 1.68. The molecule has 1 heterocycles. The summed E-state index contributed by atoms with van der Waals surface area (Å²) in [4.78, 5) is 43.4. The molecule has 1 unspecified atom stereocenters. The van der Waals surface area contributed by atoms with Crippen LogP contribution in [0.1, 0.15) is 57.7 Å². The van der Waals surface area contributed by atoms with Gasteiger partial charge in [-0.2, -0.15) is 0 Å². The summed E-state index contributed by atoms with van der Waals surface area (Å²) in [5, 5.41) is 0. The van der Waals surface area contributed by atoms with Crippen LogP contribution in [0, 0.1) is 13.8 Å². The third-order valence-corrected chi connectivity index (χ3v) is 7.13. The van der Waals surface area contributed by atoms with E-state index in [0.29, 0.717) is 52.5 Å². The van der Waals surface area contributed by atoms with Crippen LogP contribution in [-0.2, 0) is 4.74 Å². The minimum Gasteiger partial charge on any atom is -0.497 e. The highest BCUT2D eigenvalue weighted by molar-refractivity contribution is 6.13. The zero-order chi connectivity index (χ0) is 28.3. The zero-order valence-corrected chi connectivity index (χ0v) is 23.2. The van der Waals surface area contributed by atoms with E-state index in [-0.39, 0.29) is 24.3 Å². The smallest absolute Gasteiger partial charge is 0.414 e. The molecule has 0 bridgehead atoms. The van der Waals surface area contributed by atoms with Gasteiger partial charge in [0.15, 0.2) is 5.78 Å². The van der Waals surface area contributed by atoms with Crippen LogP contribution in [0.5, 0.6) is 11.5 Å². The first-order valence-electron chi connectivity index (χ1n) is 13.0. The number of anilines is 2. The fraction of sp³-hybridized carbons (Fsp3) is 0.323. The molecule has 0 N–H and O–H groups in total. The fourth-order valence-electron chi connectivity index (χ4n) is 4.79. The molecule has 0 aromatic heterocycles. The van der Waals surface area contributed by atoms with Gasteiger partial charge in [0.2, 0.25) is 0 Å². The molecule has 0 aliphatic carbocycles. The Labute approximate surface area is 229 Å². The Hall–Kier alpha value is -4.33. The average Bonchev–Trinajstić information content (AvgIpc) is 2.96. The highest BCUT2D eigenvalue weighted by atomic mass is 16.6. The molecule has 0 radical (unpaired) electrons. The molecule has 0 spiro atoms. The van der Waals surface area contributed by atoms with Crippen molar-refractivity contribution in [2.75, 3.05) is 37.2 Å². The normalized spacial score (nSPS) is 14.5. The van der Waals surface area contributed by atoms with E-state index in [4.69, 9.17) is 14.2 Å². The number of aryl methyl sites for hydroxylation is 2. The number of amides is 2. The van der Waals surface area contributed by atoms with Gasteiger partial charge in [0.25, 0.3) is 5.91 Å². The number of benzene rings is 3. The molecule has 2 amide bonds. The van der Waals surface area contributed by atoms with Crippen molar-refractivity contribution in [3.8, 4) is 11.5 Å². The minimum absolute atomic E-state index is 0.209. The van der Waals surface area contributed by atoms with Crippen LogP contribution in [0.2, 0.25) is 0 Å². The fourth-order valence-corrected chi connectivity index (χ4v) is 4.79. The quantitative estimate of drug-likeness (QED) is 0.351. The number of rotatable bonds is 7. The molecule has 1 atom stereocenters. The molecule has 3 aromatic carbocycles. The molecule has 8 heteroatoms.